The number of nitrogens with zero attached hydrogens (tertiary/aromatic N) is 3. The van der Waals surface area contributed by atoms with Crippen LogP contribution in [0, 0.1) is 10.1 Å². The first-order chi connectivity index (χ1) is 14.7. The normalized spacial score (nSPS) is 11.0. The van der Waals surface area contributed by atoms with Crippen molar-refractivity contribution < 1.29 is 32.7 Å². The minimum absolute atomic E-state index is 0.0625. The molecule has 0 fully saturated rings. The predicted molar refractivity (Wildman–Crippen MR) is 108 cm³/mol. The van der Waals surface area contributed by atoms with E-state index in [4.69, 9.17) is 14.6 Å². The number of methoxy groups -OCH3 is 2. The van der Waals surface area contributed by atoms with Gasteiger partial charge >= 0.3 is 5.97 Å². The average Bonchev–Trinajstić information content (AvgIpc) is 3.24. The van der Waals surface area contributed by atoms with Crippen molar-refractivity contribution in [3.8, 4) is 17.2 Å². The molecule has 0 radical (unpaired) electrons. The van der Waals surface area contributed by atoms with Crippen molar-refractivity contribution in [2.24, 2.45) is 0 Å². The van der Waals surface area contributed by atoms with Gasteiger partial charge in [0.15, 0.2) is 0 Å². The number of nitro benzene ring substituents is 1. The Bertz CT molecular complexity index is 1270. The third-order valence-electron chi connectivity index (χ3n) is 4.17. The number of aromatic carboxylic acids is 1. The second-order valence-electron chi connectivity index (χ2n) is 6.06. The second kappa shape index (κ2) is 8.31. The first kappa shape index (κ1) is 21.6. The van der Waals surface area contributed by atoms with Crippen LogP contribution in [0.1, 0.15) is 10.4 Å². The summed E-state index contributed by atoms with van der Waals surface area (Å²) in [6.07, 6.45) is 2.12. The Labute approximate surface area is 175 Å². The van der Waals surface area contributed by atoms with E-state index in [1.807, 2.05) is 0 Å². The molecule has 162 valence electrons. The standard InChI is InChI=1S/C18H16N4O8S/c1-29-13-4-5-14(16(8-13)30-2)20-31(27,28)17-7-12(22(25)26)3-6-15(17)21-10-11(9-19-21)18(23)24/h3-10,20H,1-2H3,(H,23,24). The molecule has 13 heteroatoms. The number of hydrogen-bond acceptors (Lipinski definition) is 8. The Morgan fingerprint density at radius 3 is 2.52 bits per heavy atom. The zero-order chi connectivity index (χ0) is 22.8. The maximum atomic E-state index is 13.2. The molecule has 0 aliphatic heterocycles. The van der Waals surface area contributed by atoms with Gasteiger partial charge in [-0.3, -0.25) is 14.8 Å². The smallest absolute Gasteiger partial charge is 0.338 e. The Kier molecular flexibility index (Phi) is 5.79. The van der Waals surface area contributed by atoms with Crippen molar-refractivity contribution in [2.45, 2.75) is 4.90 Å². The number of hydrogen-bond donors (Lipinski definition) is 2. The number of benzene rings is 2. The van der Waals surface area contributed by atoms with Crippen molar-refractivity contribution in [3.05, 3.63) is 64.5 Å². The molecule has 0 saturated carbocycles. The fraction of sp³-hybridized carbons (Fsp3) is 0.111. The van der Waals surface area contributed by atoms with Gasteiger partial charge < -0.3 is 14.6 Å². The molecule has 0 atom stereocenters. The highest BCUT2D eigenvalue weighted by molar-refractivity contribution is 7.92. The van der Waals surface area contributed by atoms with Crippen LogP contribution < -0.4 is 14.2 Å². The number of rotatable bonds is 8. The van der Waals surface area contributed by atoms with Crippen LogP contribution in [-0.4, -0.2) is 48.4 Å². The van der Waals surface area contributed by atoms with Gasteiger partial charge in [0.05, 0.1) is 42.3 Å². The van der Waals surface area contributed by atoms with E-state index in [1.165, 1.54) is 32.4 Å². The van der Waals surface area contributed by atoms with Crippen LogP contribution >= 0.6 is 0 Å². The van der Waals surface area contributed by atoms with Crippen LogP contribution in [0.3, 0.4) is 0 Å². The van der Waals surface area contributed by atoms with Gasteiger partial charge in [-0.1, -0.05) is 0 Å². The van der Waals surface area contributed by atoms with Crippen LogP contribution in [0.4, 0.5) is 11.4 Å². The second-order valence-corrected chi connectivity index (χ2v) is 7.71. The molecule has 2 aromatic carbocycles. The number of ether oxygens (including phenoxy) is 2. The minimum atomic E-state index is -4.39. The number of nitrogens with one attached hydrogen (secondary N) is 1. The van der Waals surface area contributed by atoms with Gasteiger partial charge in [-0.2, -0.15) is 5.10 Å². The average molecular weight is 448 g/mol. The molecule has 0 aliphatic carbocycles. The Morgan fingerprint density at radius 1 is 1.19 bits per heavy atom. The number of carboxylic acid groups (broad SMARTS) is 1. The van der Waals surface area contributed by atoms with Crippen LogP contribution in [0.25, 0.3) is 5.69 Å². The number of nitro groups is 1. The van der Waals surface area contributed by atoms with Crippen molar-refractivity contribution in [1.29, 1.82) is 0 Å². The molecule has 0 saturated heterocycles. The van der Waals surface area contributed by atoms with E-state index in [0.29, 0.717) is 5.75 Å². The lowest BCUT2D eigenvalue weighted by molar-refractivity contribution is -0.385. The van der Waals surface area contributed by atoms with Gasteiger partial charge in [-0.25, -0.2) is 17.9 Å². The molecule has 0 spiro atoms. The van der Waals surface area contributed by atoms with Gasteiger partial charge in [0.2, 0.25) is 0 Å². The van der Waals surface area contributed by atoms with Gasteiger partial charge in [-0.15, -0.1) is 0 Å². The SMILES string of the molecule is COc1ccc(NS(=O)(=O)c2cc([N+](=O)[O-])ccc2-n2cc(C(=O)O)cn2)c(OC)c1. The molecule has 0 unspecified atom stereocenters. The molecular weight excluding hydrogens is 432 g/mol. The number of anilines is 1. The predicted octanol–water partition coefficient (Wildman–Crippen LogP) is 2.30. The quantitative estimate of drug-likeness (QED) is 0.389. The molecule has 3 rings (SSSR count). The lowest BCUT2D eigenvalue weighted by Crippen LogP contribution is -2.17. The number of sulfonamides is 1. The molecule has 12 nitrogen and oxygen atoms in total. The van der Waals surface area contributed by atoms with Crippen molar-refractivity contribution in [2.75, 3.05) is 18.9 Å². The summed E-state index contributed by atoms with van der Waals surface area (Å²) in [6, 6.07) is 7.47. The van der Waals surface area contributed by atoms with E-state index in [9.17, 15) is 23.3 Å². The van der Waals surface area contributed by atoms with E-state index in [2.05, 4.69) is 9.82 Å². The highest BCUT2D eigenvalue weighted by Gasteiger charge is 2.25. The maximum Gasteiger partial charge on any atom is 0.338 e. The lowest BCUT2D eigenvalue weighted by Gasteiger charge is -2.15. The molecular formula is C18H16N4O8S. The lowest BCUT2D eigenvalue weighted by atomic mass is 10.3. The highest BCUT2D eigenvalue weighted by atomic mass is 32.2. The fourth-order valence-electron chi connectivity index (χ4n) is 2.67. The highest BCUT2D eigenvalue weighted by Crippen LogP contribution is 2.33. The molecule has 0 bridgehead atoms. The van der Waals surface area contributed by atoms with E-state index >= 15 is 0 Å². The third-order valence-corrected chi connectivity index (χ3v) is 5.57. The van der Waals surface area contributed by atoms with E-state index in [-0.39, 0.29) is 22.7 Å². The Balaban J connectivity index is 2.13. The van der Waals surface area contributed by atoms with E-state index < -0.39 is 31.5 Å². The summed E-state index contributed by atoms with van der Waals surface area (Å²) < 4.78 is 39.9. The number of non-ortho nitro benzene ring substituents is 1. The number of aromatic nitrogens is 2. The third kappa shape index (κ3) is 4.40. The molecule has 0 amide bonds. The molecule has 1 aromatic heterocycles. The molecule has 0 aliphatic rings. The molecule has 3 aromatic rings. The van der Waals surface area contributed by atoms with Crippen molar-refractivity contribution in [1.82, 2.24) is 9.78 Å². The van der Waals surface area contributed by atoms with Gasteiger partial charge in [0.1, 0.15) is 16.4 Å². The number of carbonyl (C=O) groups is 1. The summed E-state index contributed by atoms with van der Waals surface area (Å²) in [6.45, 7) is 0. The summed E-state index contributed by atoms with van der Waals surface area (Å²) in [7, 11) is -1.62. The largest absolute Gasteiger partial charge is 0.497 e. The molecule has 2 N–H and O–H groups in total. The van der Waals surface area contributed by atoms with Crippen molar-refractivity contribution in [3.63, 3.8) is 0 Å². The summed E-state index contributed by atoms with van der Waals surface area (Å²) in [4.78, 5) is 21.1. The van der Waals surface area contributed by atoms with Gasteiger partial charge in [0, 0.05) is 24.4 Å². The summed E-state index contributed by atoms with van der Waals surface area (Å²) in [5, 5.41) is 24.1. The summed E-state index contributed by atoms with van der Waals surface area (Å²) in [5.41, 5.74) is -0.687. The molecule has 31 heavy (non-hydrogen) atoms. The Hall–Kier alpha value is -4.13. The zero-order valence-corrected chi connectivity index (χ0v) is 17.0. The van der Waals surface area contributed by atoms with Gasteiger partial charge in [0.25, 0.3) is 15.7 Å². The van der Waals surface area contributed by atoms with Crippen LogP contribution in [0.2, 0.25) is 0 Å². The van der Waals surface area contributed by atoms with Crippen LogP contribution in [0.5, 0.6) is 11.5 Å². The summed E-state index contributed by atoms with van der Waals surface area (Å²) in [5.74, 6) is -0.686. The van der Waals surface area contributed by atoms with E-state index in [0.717, 1.165) is 35.3 Å². The summed E-state index contributed by atoms with van der Waals surface area (Å²) >= 11 is 0. The Morgan fingerprint density at radius 2 is 1.94 bits per heavy atom. The van der Waals surface area contributed by atoms with Crippen LogP contribution in [0.15, 0.2) is 53.7 Å². The number of carboxylic acids is 1. The first-order valence-electron chi connectivity index (χ1n) is 8.48. The fourth-order valence-corrected chi connectivity index (χ4v) is 3.95. The first-order valence-corrected chi connectivity index (χ1v) is 9.96. The zero-order valence-electron chi connectivity index (χ0n) is 16.2. The van der Waals surface area contributed by atoms with E-state index in [1.54, 1.807) is 0 Å². The monoisotopic (exact) mass is 448 g/mol. The minimum Gasteiger partial charge on any atom is -0.497 e. The maximum absolute atomic E-state index is 13.2. The van der Waals surface area contributed by atoms with Gasteiger partial charge in [-0.05, 0) is 18.2 Å². The van der Waals surface area contributed by atoms with Crippen LogP contribution in [-0.2, 0) is 10.0 Å². The molecule has 1 heterocycles. The van der Waals surface area contributed by atoms with Crippen molar-refractivity contribution >= 4 is 27.4 Å². The topological polar surface area (TPSA) is 163 Å².